The van der Waals surface area contributed by atoms with Crippen molar-refractivity contribution in [1.29, 1.82) is 0 Å². The lowest BCUT2D eigenvalue weighted by molar-refractivity contribution is 0.0496. The molecule has 24 heavy (non-hydrogen) atoms. The van der Waals surface area contributed by atoms with Gasteiger partial charge in [-0.25, -0.2) is 0 Å². The molecule has 1 spiro atoms. The zero-order chi connectivity index (χ0) is 16.6. The average molecular weight is 387 g/mol. The van der Waals surface area contributed by atoms with E-state index in [1.165, 1.54) is 12.8 Å². The molecule has 2 heterocycles. The molecule has 126 valence electrons. The van der Waals surface area contributed by atoms with Gasteiger partial charge >= 0.3 is 0 Å². The number of fused-ring (bicyclic) bond motifs is 1. The number of nitrogens with one attached hydrogen (secondary N) is 1. The van der Waals surface area contributed by atoms with Crippen molar-refractivity contribution in [2.75, 3.05) is 26.2 Å². The zero-order valence-corrected chi connectivity index (χ0v) is 15.4. The highest BCUT2D eigenvalue weighted by molar-refractivity contribution is 9.10. The minimum absolute atomic E-state index is 0.184. The van der Waals surface area contributed by atoms with Crippen molar-refractivity contribution >= 4 is 32.6 Å². The van der Waals surface area contributed by atoms with Gasteiger partial charge in [0.25, 0.3) is 5.91 Å². The van der Waals surface area contributed by atoms with Crippen LogP contribution in [0.2, 0.25) is 0 Å². The second-order valence-corrected chi connectivity index (χ2v) is 8.16. The predicted octanol–water partition coefficient (Wildman–Crippen LogP) is 4.21. The fourth-order valence-corrected chi connectivity index (χ4v) is 4.55. The summed E-state index contributed by atoms with van der Waals surface area (Å²) in [7, 11) is 0. The molecule has 0 aromatic heterocycles. The Hall–Kier alpha value is -1.39. The minimum atomic E-state index is 0.184. The molecule has 2 fully saturated rings. The van der Waals surface area contributed by atoms with E-state index in [0.717, 1.165) is 59.8 Å². The van der Waals surface area contributed by atoms with Gasteiger partial charge in [0.05, 0.1) is 0 Å². The van der Waals surface area contributed by atoms with Crippen LogP contribution in [0, 0.1) is 5.41 Å². The van der Waals surface area contributed by atoms with Crippen LogP contribution < -0.4 is 5.32 Å². The van der Waals surface area contributed by atoms with Gasteiger partial charge in [0.15, 0.2) is 0 Å². The van der Waals surface area contributed by atoms with E-state index in [-0.39, 0.29) is 5.91 Å². The third kappa shape index (κ3) is 3.09. The van der Waals surface area contributed by atoms with Crippen LogP contribution in [0.4, 0.5) is 0 Å². The topological polar surface area (TPSA) is 32.3 Å². The lowest BCUT2D eigenvalue weighted by Crippen LogP contribution is -2.47. The first-order valence-electron chi connectivity index (χ1n) is 8.85. The maximum atomic E-state index is 12.9. The molecule has 0 atom stereocenters. The van der Waals surface area contributed by atoms with Gasteiger partial charge < -0.3 is 10.2 Å². The number of nitrogens with zero attached hydrogens (tertiary/aromatic N) is 1. The van der Waals surface area contributed by atoms with Crippen LogP contribution >= 0.6 is 15.9 Å². The number of carbonyl (C=O) groups excluding carboxylic acids is 1. The molecule has 0 aliphatic carbocycles. The standard InChI is InChI=1S/C20H23BrN2O/c21-18-4-3-15-13-17(2-1-16(15)14-18)19(24)23-11-7-20(8-12-23)5-9-22-10-6-20/h1-4,13-14,22H,5-12H2. The van der Waals surface area contributed by atoms with Crippen molar-refractivity contribution < 1.29 is 4.79 Å². The number of amides is 1. The molecular weight excluding hydrogens is 364 g/mol. The summed E-state index contributed by atoms with van der Waals surface area (Å²) in [6, 6.07) is 12.2. The summed E-state index contributed by atoms with van der Waals surface area (Å²) < 4.78 is 1.07. The SMILES string of the molecule is O=C(c1ccc2cc(Br)ccc2c1)N1CCC2(CCNCC2)CC1. The van der Waals surface area contributed by atoms with Gasteiger partial charge in [-0.3, -0.25) is 4.79 Å². The summed E-state index contributed by atoms with van der Waals surface area (Å²) >= 11 is 3.50. The molecule has 2 aromatic carbocycles. The van der Waals surface area contributed by atoms with Crippen molar-refractivity contribution in [3.8, 4) is 0 Å². The molecule has 1 amide bonds. The van der Waals surface area contributed by atoms with Crippen molar-refractivity contribution in [2.24, 2.45) is 5.41 Å². The summed E-state index contributed by atoms with van der Waals surface area (Å²) in [5.74, 6) is 0.184. The van der Waals surface area contributed by atoms with Gasteiger partial charge in [0.1, 0.15) is 0 Å². The van der Waals surface area contributed by atoms with Gasteiger partial charge in [0, 0.05) is 23.1 Å². The third-order valence-corrected chi connectivity index (χ3v) is 6.32. The average Bonchev–Trinajstić information content (AvgIpc) is 2.62. The Balaban J connectivity index is 1.49. The van der Waals surface area contributed by atoms with Gasteiger partial charge in [-0.1, -0.05) is 28.1 Å². The van der Waals surface area contributed by atoms with E-state index in [4.69, 9.17) is 0 Å². The smallest absolute Gasteiger partial charge is 0.253 e. The van der Waals surface area contributed by atoms with Gasteiger partial charge in [-0.05, 0) is 79.2 Å². The summed E-state index contributed by atoms with van der Waals surface area (Å²) in [5, 5.41) is 5.73. The Bertz CT molecular complexity index is 757. The Labute approximate surface area is 151 Å². The maximum Gasteiger partial charge on any atom is 0.253 e. The molecule has 2 saturated heterocycles. The highest BCUT2D eigenvalue weighted by atomic mass is 79.9. The van der Waals surface area contributed by atoms with Gasteiger partial charge in [0.2, 0.25) is 0 Å². The number of halogens is 1. The van der Waals surface area contributed by atoms with E-state index < -0.39 is 0 Å². The van der Waals surface area contributed by atoms with E-state index in [9.17, 15) is 4.79 Å². The number of rotatable bonds is 1. The predicted molar refractivity (Wildman–Crippen MR) is 101 cm³/mol. The molecular formula is C20H23BrN2O. The minimum Gasteiger partial charge on any atom is -0.339 e. The monoisotopic (exact) mass is 386 g/mol. The summed E-state index contributed by atoms with van der Waals surface area (Å²) in [6.45, 7) is 4.07. The molecule has 0 saturated carbocycles. The van der Waals surface area contributed by atoms with Crippen molar-refractivity contribution in [1.82, 2.24) is 10.2 Å². The van der Waals surface area contributed by atoms with Crippen LogP contribution in [0.15, 0.2) is 40.9 Å². The van der Waals surface area contributed by atoms with Crippen LogP contribution in [0.25, 0.3) is 10.8 Å². The van der Waals surface area contributed by atoms with Crippen molar-refractivity contribution in [2.45, 2.75) is 25.7 Å². The number of benzene rings is 2. The van der Waals surface area contributed by atoms with Crippen LogP contribution in [0.1, 0.15) is 36.0 Å². The Morgan fingerprint density at radius 3 is 2.38 bits per heavy atom. The largest absolute Gasteiger partial charge is 0.339 e. The first-order valence-corrected chi connectivity index (χ1v) is 9.64. The number of likely N-dealkylation sites (tertiary alicyclic amines) is 1. The van der Waals surface area contributed by atoms with Crippen LogP contribution in [-0.2, 0) is 0 Å². The van der Waals surface area contributed by atoms with Crippen molar-refractivity contribution in [3.05, 3.63) is 46.4 Å². The first-order chi connectivity index (χ1) is 11.7. The molecule has 2 aliphatic heterocycles. The zero-order valence-electron chi connectivity index (χ0n) is 13.9. The van der Waals surface area contributed by atoms with Crippen molar-refractivity contribution in [3.63, 3.8) is 0 Å². The Morgan fingerprint density at radius 1 is 0.958 bits per heavy atom. The van der Waals surface area contributed by atoms with E-state index >= 15 is 0 Å². The van der Waals surface area contributed by atoms with Gasteiger partial charge in [-0.15, -0.1) is 0 Å². The molecule has 3 nitrogen and oxygen atoms in total. The number of hydrogen-bond donors (Lipinski definition) is 1. The normalized spacial score (nSPS) is 20.5. The molecule has 4 rings (SSSR count). The molecule has 2 aliphatic rings. The summed E-state index contributed by atoms with van der Waals surface area (Å²) in [4.78, 5) is 14.9. The van der Waals surface area contributed by atoms with Crippen LogP contribution in [-0.4, -0.2) is 37.0 Å². The quantitative estimate of drug-likeness (QED) is 0.795. The number of piperidine rings is 2. The lowest BCUT2D eigenvalue weighted by Gasteiger charge is -2.44. The third-order valence-electron chi connectivity index (χ3n) is 5.82. The Morgan fingerprint density at radius 2 is 1.62 bits per heavy atom. The van der Waals surface area contributed by atoms with E-state index in [2.05, 4.69) is 33.4 Å². The molecule has 4 heteroatoms. The molecule has 0 radical (unpaired) electrons. The number of hydrogen-bond acceptors (Lipinski definition) is 2. The maximum absolute atomic E-state index is 12.9. The molecule has 0 unspecified atom stereocenters. The molecule has 2 aromatic rings. The van der Waals surface area contributed by atoms with E-state index in [1.54, 1.807) is 0 Å². The highest BCUT2D eigenvalue weighted by Gasteiger charge is 2.36. The second-order valence-electron chi connectivity index (χ2n) is 7.25. The summed E-state index contributed by atoms with van der Waals surface area (Å²) in [5.41, 5.74) is 1.30. The Kier molecular flexibility index (Phi) is 4.35. The fourth-order valence-electron chi connectivity index (χ4n) is 4.17. The fraction of sp³-hybridized carbons (Fsp3) is 0.450. The van der Waals surface area contributed by atoms with E-state index in [1.807, 2.05) is 29.2 Å². The lowest BCUT2D eigenvalue weighted by atomic mass is 9.71. The van der Waals surface area contributed by atoms with E-state index in [0.29, 0.717) is 5.41 Å². The number of carbonyl (C=O) groups is 1. The molecule has 1 N–H and O–H groups in total. The summed E-state index contributed by atoms with van der Waals surface area (Å²) in [6.07, 6.45) is 4.83. The highest BCUT2D eigenvalue weighted by Crippen LogP contribution is 2.39. The molecule has 0 bridgehead atoms. The van der Waals surface area contributed by atoms with Gasteiger partial charge in [-0.2, -0.15) is 0 Å². The second kappa shape index (κ2) is 6.49. The van der Waals surface area contributed by atoms with Crippen LogP contribution in [0.3, 0.4) is 0 Å². The van der Waals surface area contributed by atoms with Crippen LogP contribution in [0.5, 0.6) is 0 Å². The first kappa shape index (κ1) is 16.1.